The van der Waals surface area contributed by atoms with Gasteiger partial charge in [-0.2, -0.15) is 0 Å². The molecular formula is C15H23ClIN3O2S. The second-order valence-corrected chi connectivity index (χ2v) is 7.01. The molecule has 1 fully saturated rings. The summed E-state index contributed by atoms with van der Waals surface area (Å²) in [6.45, 7) is 2.47. The van der Waals surface area contributed by atoms with Crippen molar-refractivity contribution in [3.63, 3.8) is 0 Å². The lowest BCUT2D eigenvalue weighted by Gasteiger charge is -2.33. The number of hydrogen-bond acceptors (Lipinski definition) is 4. The number of nitrogens with zero attached hydrogens (tertiary/aromatic N) is 2. The SMILES string of the molecule is CN=C(NCCc1ccc(Cl)s1)N1CCC(C(=O)OC)CC1.I. The molecule has 130 valence electrons. The van der Waals surface area contributed by atoms with Gasteiger partial charge in [0.25, 0.3) is 0 Å². The fourth-order valence-corrected chi connectivity index (χ4v) is 3.70. The van der Waals surface area contributed by atoms with E-state index in [0.717, 1.165) is 49.2 Å². The number of hydrogen-bond donors (Lipinski definition) is 1. The van der Waals surface area contributed by atoms with E-state index in [-0.39, 0.29) is 35.9 Å². The summed E-state index contributed by atoms with van der Waals surface area (Å²) in [6, 6.07) is 3.98. The van der Waals surface area contributed by atoms with Gasteiger partial charge in [-0.15, -0.1) is 35.3 Å². The molecule has 2 rings (SSSR count). The smallest absolute Gasteiger partial charge is 0.308 e. The first-order valence-electron chi connectivity index (χ1n) is 7.41. The summed E-state index contributed by atoms with van der Waals surface area (Å²) < 4.78 is 5.64. The summed E-state index contributed by atoms with van der Waals surface area (Å²) in [7, 11) is 3.24. The van der Waals surface area contributed by atoms with Crippen molar-refractivity contribution in [1.82, 2.24) is 10.2 Å². The van der Waals surface area contributed by atoms with Crippen LogP contribution in [-0.2, 0) is 16.0 Å². The van der Waals surface area contributed by atoms with Gasteiger partial charge in [0, 0.05) is 31.6 Å². The maximum atomic E-state index is 11.5. The number of thiophene rings is 1. The number of halogens is 2. The van der Waals surface area contributed by atoms with Crippen LogP contribution in [0, 0.1) is 5.92 Å². The van der Waals surface area contributed by atoms with Crippen molar-refractivity contribution in [3.05, 3.63) is 21.3 Å². The zero-order chi connectivity index (χ0) is 15.9. The first kappa shape index (κ1) is 20.5. The average molecular weight is 472 g/mol. The highest BCUT2D eigenvalue weighted by Crippen LogP contribution is 2.21. The Morgan fingerprint density at radius 1 is 1.48 bits per heavy atom. The minimum Gasteiger partial charge on any atom is -0.469 e. The van der Waals surface area contributed by atoms with Crippen molar-refractivity contribution in [1.29, 1.82) is 0 Å². The Kier molecular flexibility index (Phi) is 9.23. The molecule has 1 N–H and O–H groups in total. The monoisotopic (exact) mass is 471 g/mol. The van der Waals surface area contributed by atoms with Crippen LogP contribution in [0.3, 0.4) is 0 Å². The quantitative estimate of drug-likeness (QED) is 0.317. The zero-order valence-electron chi connectivity index (χ0n) is 13.4. The van der Waals surface area contributed by atoms with E-state index in [4.69, 9.17) is 16.3 Å². The number of ether oxygens (including phenoxy) is 1. The van der Waals surface area contributed by atoms with E-state index < -0.39 is 0 Å². The number of carbonyl (C=O) groups excluding carboxylic acids is 1. The second kappa shape index (κ2) is 10.4. The molecule has 0 unspecified atom stereocenters. The Bertz CT molecular complexity index is 531. The van der Waals surface area contributed by atoms with Gasteiger partial charge in [-0.25, -0.2) is 0 Å². The summed E-state index contributed by atoms with van der Waals surface area (Å²) in [6.07, 6.45) is 2.55. The Morgan fingerprint density at radius 3 is 2.70 bits per heavy atom. The van der Waals surface area contributed by atoms with Crippen LogP contribution in [0.5, 0.6) is 0 Å². The van der Waals surface area contributed by atoms with E-state index in [2.05, 4.69) is 21.3 Å². The van der Waals surface area contributed by atoms with E-state index in [1.165, 1.54) is 12.0 Å². The largest absolute Gasteiger partial charge is 0.469 e. The maximum absolute atomic E-state index is 11.5. The van der Waals surface area contributed by atoms with Crippen LogP contribution in [0.25, 0.3) is 0 Å². The van der Waals surface area contributed by atoms with Gasteiger partial charge in [0.1, 0.15) is 0 Å². The van der Waals surface area contributed by atoms with E-state index >= 15 is 0 Å². The molecule has 0 aliphatic carbocycles. The lowest BCUT2D eigenvalue weighted by Crippen LogP contribution is -2.47. The molecule has 1 aromatic rings. The highest BCUT2D eigenvalue weighted by molar-refractivity contribution is 14.0. The molecule has 0 bridgehead atoms. The van der Waals surface area contributed by atoms with Crippen molar-refractivity contribution < 1.29 is 9.53 Å². The van der Waals surface area contributed by atoms with Crippen molar-refractivity contribution in [3.8, 4) is 0 Å². The first-order valence-corrected chi connectivity index (χ1v) is 8.61. The predicted octanol–water partition coefficient (Wildman–Crippen LogP) is 3.02. The number of esters is 1. The average Bonchev–Trinajstić information content (AvgIpc) is 2.96. The van der Waals surface area contributed by atoms with Crippen molar-refractivity contribution in [2.45, 2.75) is 19.3 Å². The summed E-state index contributed by atoms with van der Waals surface area (Å²) in [4.78, 5) is 19.3. The van der Waals surface area contributed by atoms with Gasteiger partial charge < -0.3 is 15.0 Å². The number of carbonyl (C=O) groups is 1. The molecule has 0 amide bonds. The molecule has 0 spiro atoms. The van der Waals surface area contributed by atoms with Crippen LogP contribution in [0.1, 0.15) is 17.7 Å². The topological polar surface area (TPSA) is 53.9 Å². The lowest BCUT2D eigenvalue weighted by molar-refractivity contribution is -0.146. The zero-order valence-corrected chi connectivity index (χ0v) is 17.3. The van der Waals surface area contributed by atoms with E-state index in [0.29, 0.717) is 0 Å². The van der Waals surface area contributed by atoms with Gasteiger partial charge in [-0.1, -0.05) is 11.6 Å². The van der Waals surface area contributed by atoms with E-state index in [1.807, 2.05) is 6.07 Å². The highest BCUT2D eigenvalue weighted by atomic mass is 127. The van der Waals surface area contributed by atoms with Crippen LogP contribution in [-0.4, -0.2) is 50.6 Å². The summed E-state index contributed by atoms with van der Waals surface area (Å²) >= 11 is 7.54. The molecular weight excluding hydrogens is 449 g/mol. The van der Waals surface area contributed by atoms with Crippen LogP contribution in [0.4, 0.5) is 0 Å². The minimum atomic E-state index is -0.0998. The fraction of sp³-hybridized carbons (Fsp3) is 0.600. The minimum absolute atomic E-state index is 0. The molecule has 1 aliphatic heterocycles. The van der Waals surface area contributed by atoms with Crippen LogP contribution in [0.2, 0.25) is 4.34 Å². The predicted molar refractivity (Wildman–Crippen MR) is 106 cm³/mol. The van der Waals surface area contributed by atoms with Crippen molar-refractivity contribution in [2.24, 2.45) is 10.9 Å². The molecule has 8 heteroatoms. The molecule has 1 saturated heterocycles. The third-order valence-corrected chi connectivity index (χ3v) is 5.12. The van der Waals surface area contributed by atoms with Crippen molar-refractivity contribution in [2.75, 3.05) is 33.8 Å². The summed E-state index contributed by atoms with van der Waals surface area (Å²) in [5, 5.41) is 3.38. The third kappa shape index (κ3) is 6.11. The Hall–Kier alpha value is -0.540. The highest BCUT2D eigenvalue weighted by Gasteiger charge is 2.26. The van der Waals surface area contributed by atoms with Gasteiger partial charge in [0.2, 0.25) is 0 Å². The lowest BCUT2D eigenvalue weighted by atomic mass is 9.97. The standard InChI is InChI=1S/C15H22ClN3O2S.HI/c1-17-15(18-8-5-12-3-4-13(16)22-12)19-9-6-11(7-10-19)14(20)21-2;/h3-4,11H,5-10H2,1-2H3,(H,17,18);1H. The fourth-order valence-electron chi connectivity index (χ4n) is 2.61. The molecule has 1 aliphatic rings. The van der Waals surface area contributed by atoms with Gasteiger partial charge in [-0.05, 0) is 31.4 Å². The van der Waals surface area contributed by atoms with Gasteiger partial charge >= 0.3 is 5.97 Å². The van der Waals surface area contributed by atoms with Gasteiger partial charge in [0.15, 0.2) is 5.96 Å². The Balaban J connectivity index is 0.00000264. The molecule has 1 aromatic heterocycles. The van der Waals surface area contributed by atoms with Crippen LogP contribution in [0.15, 0.2) is 17.1 Å². The van der Waals surface area contributed by atoms with Gasteiger partial charge in [0.05, 0.1) is 17.4 Å². The summed E-state index contributed by atoms with van der Waals surface area (Å²) in [5.41, 5.74) is 0. The van der Waals surface area contributed by atoms with E-state index in [1.54, 1.807) is 18.4 Å². The third-order valence-electron chi connectivity index (χ3n) is 3.82. The second-order valence-electron chi connectivity index (χ2n) is 5.21. The molecule has 0 radical (unpaired) electrons. The number of guanidine groups is 1. The molecule has 2 heterocycles. The van der Waals surface area contributed by atoms with Crippen LogP contribution >= 0.6 is 46.9 Å². The molecule has 0 atom stereocenters. The number of methoxy groups -OCH3 is 1. The van der Waals surface area contributed by atoms with E-state index in [9.17, 15) is 4.79 Å². The molecule has 0 aromatic carbocycles. The number of nitrogens with one attached hydrogen (secondary N) is 1. The first-order chi connectivity index (χ1) is 10.6. The Labute approximate surface area is 163 Å². The van der Waals surface area contributed by atoms with Gasteiger partial charge in [-0.3, -0.25) is 9.79 Å². The summed E-state index contributed by atoms with van der Waals surface area (Å²) in [5.74, 6) is 0.816. The molecule has 5 nitrogen and oxygen atoms in total. The Morgan fingerprint density at radius 2 is 2.17 bits per heavy atom. The maximum Gasteiger partial charge on any atom is 0.308 e. The number of aliphatic imine (C=N–C) groups is 1. The molecule has 0 saturated carbocycles. The molecule has 23 heavy (non-hydrogen) atoms. The number of likely N-dealkylation sites (tertiary alicyclic amines) is 1. The number of piperidine rings is 1. The van der Waals surface area contributed by atoms with Crippen molar-refractivity contribution >= 4 is 58.8 Å². The van der Waals surface area contributed by atoms with Crippen LogP contribution < -0.4 is 5.32 Å². The normalized spacial score (nSPS) is 16.0. The number of rotatable bonds is 4.